The van der Waals surface area contributed by atoms with Crippen LogP contribution in [0.15, 0.2) is 41.5 Å². The molecular formula is C24H29Cl2N5O5. The van der Waals surface area contributed by atoms with Crippen molar-refractivity contribution in [3.05, 3.63) is 62.1 Å². The first-order chi connectivity index (χ1) is 16.9. The minimum Gasteiger partial charge on any atom is -0.479 e. The molecule has 2 amide bonds. The summed E-state index contributed by atoms with van der Waals surface area (Å²) in [7, 11) is 3.41. The molecule has 0 aliphatic carbocycles. The highest BCUT2D eigenvalue weighted by Gasteiger charge is 2.25. The molecule has 194 valence electrons. The smallest absolute Gasteiger partial charge is 0.293 e. The molecule has 36 heavy (non-hydrogen) atoms. The van der Waals surface area contributed by atoms with Crippen LogP contribution in [0.2, 0.25) is 10.0 Å². The lowest BCUT2D eigenvalue weighted by Crippen LogP contribution is -2.49. The molecule has 0 heterocycles. The molecular weight excluding hydrogens is 509 g/mol. The van der Waals surface area contributed by atoms with Crippen molar-refractivity contribution in [3.8, 4) is 5.75 Å². The minimum absolute atomic E-state index is 0.0880. The quantitative estimate of drug-likeness (QED) is 0.248. The van der Waals surface area contributed by atoms with E-state index >= 15 is 0 Å². The van der Waals surface area contributed by atoms with Crippen molar-refractivity contribution in [2.75, 3.05) is 19.0 Å². The van der Waals surface area contributed by atoms with Gasteiger partial charge in [0.15, 0.2) is 6.10 Å². The van der Waals surface area contributed by atoms with Crippen molar-refractivity contribution >= 4 is 52.6 Å². The second-order valence-electron chi connectivity index (χ2n) is 8.66. The Bertz CT molecular complexity index is 1140. The van der Waals surface area contributed by atoms with Gasteiger partial charge in [-0.25, -0.2) is 5.43 Å². The summed E-state index contributed by atoms with van der Waals surface area (Å²) < 4.78 is 5.62. The normalized spacial score (nSPS) is 12.8. The summed E-state index contributed by atoms with van der Waals surface area (Å²) in [6.45, 7) is 5.36. The number of hydrazone groups is 1. The first-order valence-electron chi connectivity index (χ1n) is 11.1. The summed E-state index contributed by atoms with van der Waals surface area (Å²) in [4.78, 5) is 38.0. The number of hydrogen-bond donors (Lipinski definition) is 2. The van der Waals surface area contributed by atoms with Crippen LogP contribution in [0, 0.1) is 16.0 Å². The van der Waals surface area contributed by atoms with Crippen molar-refractivity contribution in [1.29, 1.82) is 0 Å². The zero-order chi connectivity index (χ0) is 27.0. The van der Waals surface area contributed by atoms with Gasteiger partial charge in [0.25, 0.3) is 17.5 Å². The number of rotatable bonds is 11. The van der Waals surface area contributed by atoms with E-state index in [0.29, 0.717) is 22.7 Å². The first kappa shape index (κ1) is 28.9. The average Bonchev–Trinajstić information content (AvgIpc) is 2.79. The molecule has 0 saturated carbocycles. The van der Waals surface area contributed by atoms with Crippen molar-refractivity contribution in [1.82, 2.24) is 10.7 Å². The van der Waals surface area contributed by atoms with E-state index in [1.165, 1.54) is 25.3 Å². The number of nitro groups is 1. The summed E-state index contributed by atoms with van der Waals surface area (Å²) in [6, 6.07) is 8.36. The molecule has 0 aliphatic heterocycles. The third-order valence-electron chi connectivity index (χ3n) is 4.97. The SMILES string of the molecule is CC(C)C[C@@H](NC(=O)[C@@H](C)Oc1ccc(Cl)cc1Cl)C(=O)N/N=C\c1ccc(N(C)C)c([N+](=O)[O-])c1. The van der Waals surface area contributed by atoms with Gasteiger partial charge in [-0.15, -0.1) is 0 Å². The molecule has 12 heteroatoms. The van der Waals surface area contributed by atoms with Crippen LogP contribution in [0.3, 0.4) is 0 Å². The topological polar surface area (TPSA) is 126 Å². The number of benzene rings is 2. The Morgan fingerprint density at radius 3 is 2.42 bits per heavy atom. The maximum absolute atomic E-state index is 12.8. The maximum Gasteiger partial charge on any atom is 0.293 e. The van der Waals surface area contributed by atoms with Crippen molar-refractivity contribution in [3.63, 3.8) is 0 Å². The van der Waals surface area contributed by atoms with Crippen LogP contribution in [-0.2, 0) is 9.59 Å². The van der Waals surface area contributed by atoms with Crippen LogP contribution in [0.1, 0.15) is 32.8 Å². The van der Waals surface area contributed by atoms with Crippen LogP contribution in [0.4, 0.5) is 11.4 Å². The average molecular weight is 538 g/mol. The molecule has 0 bridgehead atoms. The Balaban J connectivity index is 2.07. The standard InChI is InChI=1S/C24H29Cl2N5O5/c1-14(2)10-19(28-23(32)15(3)36-22-9-7-17(25)12-18(22)26)24(33)29-27-13-16-6-8-20(30(4)5)21(11-16)31(34)35/h6-9,11-15,19H,10H2,1-5H3,(H,28,32)(H,29,33)/b27-13-/t15-,19-/m1/s1. The van der Waals surface area contributed by atoms with Crippen LogP contribution >= 0.6 is 23.2 Å². The largest absolute Gasteiger partial charge is 0.479 e. The van der Waals surface area contributed by atoms with E-state index in [-0.39, 0.29) is 22.4 Å². The first-order valence-corrected chi connectivity index (χ1v) is 11.8. The Kier molecular flexibility index (Phi) is 10.5. The molecule has 0 aromatic heterocycles. The van der Waals surface area contributed by atoms with E-state index in [4.69, 9.17) is 27.9 Å². The number of nitrogens with one attached hydrogen (secondary N) is 2. The van der Waals surface area contributed by atoms with Gasteiger partial charge in [0, 0.05) is 30.7 Å². The Hall–Kier alpha value is -3.37. The number of ether oxygens (including phenoxy) is 1. The predicted molar refractivity (Wildman–Crippen MR) is 141 cm³/mol. The maximum atomic E-state index is 12.8. The lowest BCUT2D eigenvalue weighted by atomic mass is 10.0. The highest BCUT2D eigenvalue weighted by Crippen LogP contribution is 2.28. The summed E-state index contributed by atoms with van der Waals surface area (Å²) in [5.74, 6) is -0.675. The Labute approximate surface area is 219 Å². The van der Waals surface area contributed by atoms with Crippen molar-refractivity contribution in [2.45, 2.75) is 39.3 Å². The molecule has 2 aromatic carbocycles. The van der Waals surface area contributed by atoms with E-state index in [2.05, 4.69) is 15.8 Å². The van der Waals surface area contributed by atoms with Crippen LogP contribution in [-0.4, -0.2) is 49.2 Å². The van der Waals surface area contributed by atoms with E-state index in [9.17, 15) is 19.7 Å². The van der Waals surface area contributed by atoms with Gasteiger partial charge >= 0.3 is 0 Å². The lowest BCUT2D eigenvalue weighted by molar-refractivity contribution is -0.384. The number of nitrogens with zero attached hydrogens (tertiary/aromatic N) is 3. The van der Waals surface area contributed by atoms with Gasteiger partial charge < -0.3 is 15.0 Å². The third kappa shape index (κ3) is 8.39. The summed E-state index contributed by atoms with van der Waals surface area (Å²) in [5.41, 5.74) is 3.17. The van der Waals surface area contributed by atoms with Gasteiger partial charge in [-0.2, -0.15) is 5.10 Å². The van der Waals surface area contributed by atoms with Gasteiger partial charge in [0.2, 0.25) is 0 Å². The number of halogens is 2. The van der Waals surface area contributed by atoms with E-state index in [1.54, 1.807) is 43.3 Å². The number of nitro benzene ring substituents is 1. The highest BCUT2D eigenvalue weighted by atomic mass is 35.5. The molecule has 0 spiro atoms. The number of carbonyl (C=O) groups excluding carboxylic acids is 2. The molecule has 0 aliphatic rings. The van der Waals surface area contributed by atoms with Gasteiger partial charge in [0.05, 0.1) is 16.2 Å². The lowest BCUT2D eigenvalue weighted by Gasteiger charge is -2.22. The van der Waals surface area contributed by atoms with E-state index in [0.717, 1.165) is 0 Å². The number of amides is 2. The van der Waals surface area contributed by atoms with Gasteiger partial charge in [0.1, 0.15) is 17.5 Å². The molecule has 0 radical (unpaired) electrons. The van der Waals surface area contributed by atoms with E-state index < -0.39 is 28.9 Å². The highest BCUT2D eigenvalue weighted by molar-refractivity contribution is 6.35. The molecule has 0 saturated heterocycles. The Morgan fingerprint density at radius 1 is 1.14 bits per heavy atom. The van der Waals surface area contributed by atoms with Crippen molar-refractivity contribution < 1.29 is 19.2 Å². The van der Waals surface area contributed by atoms with Gasteiger partial charge in [-0.05, 0) is 43.5 Å². The number of hydrogen-bond acceptors (Lipinski definition) is 7. The molecule has 2 aromatic rings. The molecule has 2 rings (SSSR count). The van der Waals surface area contributed by atoms with Gasteiger partial charge in [-0.3, -0.25) is 19.7 Å². The van der Waals surface area contributed by atoms with Crippen LogP contribution in [0.25, 0.3) is 0 Å². The molecule has 0 unspecified atom stereocenters. The zero-order valence-corrected chi connectivity index (χ0v) is 22.1. The fourth-order valence-corrected chi connectivity index (χ4v) is 3.65. The second kappa shape index (κ2) is 13.1. The fraction of sp³-hybridized carbons (Fsp3) is 0.375. The second-order valence-corrected chi connectivity index (χ2v) is 9.50. The van der Waals surface area contributed by atoms with Crippen molar-refractivity contribution in [2.24, 2.45) is 11.0 Å². The molecule has 2 N–H and O–H groups in total. The number of carbonyl (C=O) groups is 2. The minimum atomic E-state index is -0.939. The molecule has 2 atom stereocenters. The summed E-state index contributed by atoms with van der Waals surface area (Å²) in [5, 5.41) is 18.6. The summed E-state index contributed by atoms with van der Waals surface area (Å²) >= 11 is 12.0. The van der Waals surface area contributed by atoms with E-state index in [1.807, 2.05) is 13.8 Å². The van der Waals surface area contributed by atoms with Gasteiger partial charge in [-0.1, -0.05) is 43.1 Å². The monoisotopic (exact) mass is 537 g/mol. The third-order valence-corrected chi connectivity index (χ3v) is 5.50. The zero-order valence-electron chi connectivity index (χ0n) is 20.6. The van der Waals surface area contributed by atoms with Crippen LogP contribution < -0.4 is 20.4 Å². The molecule has 0 fully saturated rings. The Morgan fingerprint density at radius 2 is 1.83 bits per heavy atom. The van der Waals surface area contributed by atoms with Crippen LogP contribution in [0.5, 0.6) is 5.75 Å². The number of anilines is 1. The predicted octanol–water partition coefficient (Wildman–Crippen LogP) is 4.42. The fourth-order valence-electron chi connectivity index (χ4n) is 3.20. The molecule has 10 nitrogen and oxygen atoms in total. The summed E-state index contributed by atoms with van der Waals surface area (Å²) in [6.07, 6.45) is 0.711.